The number of nitrogens with zero attached hydrogens (tertiary/aromatic N) is 1. The van der Waals surface area contributed by atoms with Crippen LogP contribution in [0.4, 0.5) is 11.4 Å². The standard InChI is InChI=1S/C19H20N2O2/c1-13-8-9-17(14(2)11-13)20-19(23)15-5-3-6-16(12-15)21-10-4-7-18(21)22/h3,5-6,8-9,11-12H,4,7,10H2,1-2H3,(H,20,23). The van der Waals surface area contributed by atoms with Crippen LogP contribution in [-0.2, 0) is 4.79 Å². The molecule has 1 heterocycles. The monoisotopic (exact) mass is 308 g/mol. The number of aryl methyl sites for hydroxylation is 2. The lowest BCUT2D eigenvalue weighted by molar-refractivity contribution is -0.117. The zero-order valence-electron chi connectivity index (χ0n) is 13.4. The van der Waals surface area contributed by atoms with E-state index in [1.165, 1.54) is 0 Å². The van der Waals surface area contributed by atoms with Crippen LogP contribution in [0.15, 0.2) is 42.5 Å². The van der Waals surface area contributed by atoms with Gasteiger partial charge in [-0.15, -0.1) is 0 Å². The Morgan fingerprint density at radius 2 is 1.96 bits per heavy atom. The molecule has 1 fully saturated rings. The average Bonchev–Trinajstić information content (AvgIpc) is 2.96. The topological polar surface area (TPSA) is 49.4 Å². The van der Waals surface area contributed by atoms with Crippen LogP contribution in [0.3, 0.4) is 0 Å². The van der Waals surface area contributed by atoms with E-state index in [1.807, 2.05) is 44.2 Å². The van der Waals surface area contributed by atoms with E-state index < -0.39 is 0 Å². The van der Waals surface area contributed by atoms with Gasteiger partial charge in [0.25, 0.3) is 5.91 Å². The molecule has 23 heavy (non-hydrogen) atoms. The van der Waals surface area contributed by atoms with Gasteiger partial charge in [0.15, 0.2) is 0 Å². The van der Waals surface area contributed by atoms with E-state index in [-0.39, 0.29) is 11.8 Å². The highest BCUT2D eigenvalue weighted by Gasteiger charge is 2.22. The van der Waals surface area contributed by atoms with Gasteiger partial charge < -0.3 is 10.2 Å². The van der Waals surface area contributed by atoms with Crippen LogP contribution in [0.2, 0.25) is 0 Å². The van der Waals surface area contributed by atoms with Crippen molar-refractivity contribution >= 4 is 23.2 Å². The Bertz CT molecular complexity index is 768. The Balaban J connectivity index is 1.81. The third kappa shape index (κ3) is 3.26. The van der Waals surface area contributed by atoms with Crippen LogP contribution < -0.4 is 10.2 Å². The zero-order valence-corrected chi connectivity index (χ0v) is 13.4. The van der Waals surface area contributed by atoms with Gasteiger partial charge in [-0.1, -0.05) is 23.8 Å². The number of rotatable bonds is 3. The number of carbonyl (C=O) groups is 2. The molecule has 0 aliphatic carbocycles. The number of hydrogen-bond donors (Lipinski definition) is 1. The second kappa shape index (κ2) is 6.24. The fourth-order valence-electron chi connectivity index (χ4n) is 2.88. The number of benzene rings is 2. The number of anilines is 2. The van der Waals surface area contributed by atoms with E-state index in [0.717, 1.165) is 35.5 Å². The summed E-state index contributed by atoms with van der Waals surface area (Å²) in [5.74, 6) is -0.0395. The van der Waals surface area contributed by atoms with Crippen molar-refractivity contribution in [1.82, 2.24) is 0 Å². The van der Waals surface area contributed by atoms with Gasteiger partial charge in [0.2, 0.25) is 5.91 Å². The molecular formula is C19H20N2O2. The van der Waals surface area contributed by atoms with Crippen molar-refractivity contribution in [2.24, 2.45) is 0 Å². The third-order valence-electron chi connectivity index (χ3n) is 4.12. The molecular weight excluding hydrogens is 288 g/mol. The van der Waals surface area contributed by atoms with E-state index >= 15 is 0 Å². The largest absolute Gasteiger partial charge is 0.322 e. The van der Waals surface area contributed by atoms with Crippen molar-refractivity contribution in [2.45, 2.75) is 26.7 Å². The summed E-state index contributed by atoms with van der Waals surface area (Å²) in [6, 6.07) is 13.2. The van der Waals surface area contributed by atoms with E-state index in [4.69, 9.17) is 0 Å². The van der Waals surface area contributed by atoms with Crippen LogP contribution >= 0.6 is 0 Å². The van der Waals surface area contributed by atoms with Gasteiger partial charge in [-0.2, -0.15) is 0 Å². The van der Waals surface area contributed by atoms with Crippen molar-refractivity contribution < 1.29 is 9.59 Å². The minimum atomic E-state index is -0.162. The van der Waals surface area contributed by atoms with Gasteiger partial charge in [-0.05, 0) is 50.1 Å². The summed E-state index contributed by atoms with van der Waals surface area (Å²) in [5, 5.41) is 2.94. The Kier molecular flexibility index (Phi) is 4.15. The summed E-state index contributed by atoms with van der Waals surface area (Å²) >= 11 is 0. The Labute approximate surface area is 136 Å². The van der Waals surface area contributed by atoms with Crippen LogP contribution in [0, 0.1) is 13.8 Å². The molecule has 0 bridgehead atoms. The van der Waals surface area contributed by atoms with Gasteiger partial charge in [0, 0.05) is 29.9 Å². The summed E-state index contributed by atoms with van der Waals surface area (Å²) in [5.41, 5.74) is 4.35. The summed E-state index contributed by atoms with van der Waals surface area (Å²) in [6.07, 6.45) is 1.46. The molecule has 0 radical (unpaired) electrons. The van der Waals surface area contributed by atoms with E-state index in [2.05, 4.69) is 5.32 Å². The molecule has 3 rings (SSSR count). The molecule has 118 valence electrons. The SMILES string of the molecule is Cc1ccc(NC(=O)c2cccc(N3CCCC3=O)c2)c(C)c1. The summed E-state index contributed by atoms with van der Waals surface area (Å²) in [7, 11) is 0. The normalized spacial score (nSPS) is 14.2. The van der Waals surface area contributed by atoms with Crippen molar-refractivity contribution in [3.63, 3.8) is 0 Å². The smallest absolute Gasteiger partial charge is 0.255 e. The van der Waals surface area contributed by atoms with Gasteiger partial charge in [-0.3, -0.25) is 9.59 Å². The maximum absolute atomic E-state index is 12.5. The number of amides is 2. The number of hydrogen-bond acceptors (Lipinski definition) is 2. The highest BCUT2D eigenvalue weighted by Crippen LogP contribution is 2.23. The average molecular weight is 308 g/mol. The minimum Gasteiger partial charge on any atom is -0.322 e. The fourth-order valence-corrected chi connectivity index (χ4v) is 2.88. The molecule has 2 aromatic rings. The molecule has 1 saturated heterocycles. The number of nitrogens with one attached hydrogen (secondary N) is 1. The lowest BCUT2D eigenvalue weighted by Crippen LogP contribution is -2.24. The molecule has 0 spiro atoms. The Hall–Kier alpha value is -2.62. The van der Waals surface area contributed by atoms with Crippen molar-refractivity contribution in [1.29, 1.82) is 0 Å². The highest BCUT2D eigenvalue weighted by atomic mass is 16.2. The van der Waals surface area contributed by atoms with Gasteiger partial charge in [0.1, 0.15) is 0 Å². The maximum Gasteiger partial charge on any atom is 0.255 e. The second-order valence-electron chi connectivity index (χ2n) is 5.97. The fraction of sp³-hybridized carbons (Fsp3) is 0.263. The molecule has 2 aromatic carbocycles. The summed E-state index contributed by atoms with van der Waals surface area (Å²) in [4.78, 5) is 26.1. The van der Waals surface area contributed by atoms with E-state index in [0.29, 0.717) is 12.0 Å². The summed E-state index contributed by atoms with van der Waals surface area (Å²) in [6.45, 7) is 4.72. The Morgan fingerprint density at radius 3 is 2.65 bits per heavy atom. The predicted molar refractivity (Wildman–Crippen MR) is 91.9 cm³/mol. The second-order valence-corrected chi connectivity index (χ2v) is 5.97. The van der Waals surface area contributed by atoms with Crippen molar-refractivity contribution in [3.8, 4) is 0 Å². The molecule has 0 saturated carbocycles. The van der Waals surface area contributed by atoms with Crippen molar-refractivity contribution in [3.05, 3.63) is 59.2 Å². The highest BCUT2D eigenvalue weighted by molar-refractivity contribution is 6.06. The van der Waals surface area contributed by atoms with E-state index in [1.54, 1.807) is 17.0 Å². The molecule has 2 amide bonds. The minimum absolute atomic E-state index is 0.122. The molecule has 0 unspecified atom stereocenters. The first-order valence-corrected chi connectivity index (χ1v) is 7.83. The molecule has 4 heteroatoms. The molecule has 1 aliphatic rings. The first-order valence-electron chi connectivity index (χ1n) is 7.83. The number of carbonyl (C=O) groups excluding carboxylic acids is 2. The molecule has 1 aliphatic heterocycles. The third-order valence-corrected chi connectivity index (χ3v) is 4.12. The maximum atomic E-state index is 12.5. The summed E-state index contributed by atoms with van der Waals surface area (Å²) < 4.78 is 0. The van der Waals surface area contributed by atoms with Crippen LogP contribution in [0.25, 0.3) is 0 Å². The van der Waals surface area contributed by atoms with E-state index in [9.17, 15) is 9.59 Å². The molecule has 0 aromatic heterocycles. The van der Waals surface area contributed by atoms with Crippen LogP contribution in [0.1, 0.15) is 34.3 Å². The molecule has 0 atom stereocenters. The van der Waals surface area contributed by atoms with Crippen LogP contribution in [0.5, 0.6) is 0 Å². The predicted octanol–water partition coefficient (Wildman–Crippen LogP) is 3.68. The lowest BCUT2D eigenvalue weighted by Gasteiger charge is -2.16. The molecule has 4 nitrogen and oxygen atoms in total. The first-order chi connectivity index (χ1) is 11.0. The molecule has 1 N–H and O–H groups in total. The van der Waals surface area contributed by atoms with Gasteiger partial charge in [0.05, 0.1) is 0 Å². The van der Waals surface area contributed by atoms with Gasteiger partial charge in [-0.25, -0.2) is 0 Å². The quantitative estimate of drug-likeness (QED) is 0.940. The zero-order chi connectivity index (χ0) is 16.4. The lowest BCUT2D eigenvalue weighted by atomic mass is 10.1. The van der Waals surface area contributed by atoms with Crippen molar-refractivity contribution in [2.75, 3.05) is 16.8 Å². The van der Waals surface area contributed by atoms with Gasteiger partial charge >= 0.3 is 0 Å². The first kappa shape index (κ1) is 15.3. The Morgan fingerprint density at radius 1 is 1.13 bits per heavy atom. The van der Waals surface area contributed by atoms with Crippen LogP contribution in [-0.4, -0.2) is 18.4 Å².